The fraction of sp³-hybridized carbons (Fsp3) is 0.600. The summed E-state index contributed by atoms with van der Waals surface area (Å²) in [5.74, 6) is 0. The summed E-state index contributed by atoms with van der Waals surface area (Å²) >= 11 is 0. The Balaban J connectivity index is 1.95. The van der Waals surface area contributed by atoms with E-state index in [0.717, 1.165) is 44.1 Å². The summed E-state index contributed by atoms with van der Waals surface area (Å²) in [4.78, 5) is 10.8. The van der Waals surface area contributed by atoms with Crippen molar-refractivity contribution in [2.45, 2.75) is 13.5 Å². The molecule has 0 saturated carbocycles. The molecule has 1 aliphatic heterocycles. The summed E-state index contributed by atoms with van der Waals surface area (Å²) in [5.41, 5.74) is 2.17. The normalized spacial score (nSPS) is 18.4. The van der Waals surface area contributed by atoms with Crippen LogP contribution in [0.15, 0.2) is 12.4 Å². The fourth-order valence-electron chi connectivity index (χ4n) is 1.69. The molecular formula is C10H16N4. The van der Waals surface area contributed by atoms with Crippen LogP contribution in [0.5, 0.6) is 0 Å². The minimum atomic E-state index is 0.949. The highest BCUT2D eigenvalue weighted by Gasteiger charge is 2.10. The lowest BCUT2D eigenvalue weighted by molar-refractivity contribution is 0.230. The van der Waals surface area contributed by atoms with Crippen molar-refractivity contribution in [1.82, 2.24) is 20.2 Å². The maximum Gasteiger partial charge on any atom is 0.115 e. The number of nitrogens with one attached hydrogen (secondary N) is 1. The highest BCUT2D eigenvalue weighted by molar-refractivity contribution is 5.06. The number of hydrogen-bond donors (Lipinski definition) is 1. The molecule has 0 spiro atoms. The number of aryl methyl sites for hydroxylation is 1. The molecule has 0 radical (unpaired) electrons. The zero-order valence-corrected chi connectivity index (χ0v) is 8.53. The predicted molar refractivity (Wildman–Crippen MR) is 54.9 cm³/mol. The molecule has 4 heteroatoms. The van der Waals surface area contributed by atoms with Crippen molar-refractivity contribution in [3.63, 3.8) is 0 Å². The molecule has 0 aliphatic carbocycles. The predicted octanol–water partition coefficient (Wildman–Crippen LogP) is 0.190. The molecule has 1 N–H and O–H groups in total. The average Bonchev–Trinajstić information content (AvgIpc) is 2.19. The van der Waals surface area contributed by atoms with E-state index in [0.29, 0.717) is 0 Å². The minimum absolute atomic E-state index is 0.949. The van der Waals surface area contributed by atoms with E-state index in [2.05, 4.69) is 26.3 Å². The van der Waals surface area contributed by atoms with Gasteiger partial charge in [-0.15, -0.1) is 0 Å². The van der Waals surface area contributed by atoms with E-state index >= 15 is 0 Å². The van der Waals surface area contributed by atoms with Crippen LogP contribution in [0.3, 0.4) is 0 Å². The summed E-state index contributed by atoms with van der Waals surface area (Å²) in [6.45, 7) is 7.36. The molecule has 76 valence electrons. The molecule has 0 bridgehead atoms. The zero-order chi connectivity index (χ0) is 9.80. The van der Waals surface area contributed by atoms with Crippen LogP contribution >= 0.6 is 0 Å². The number of piperazine rings is 1. The van der Waals surface area contributed by atoms with Crippen molar-refractivity contribution < 1.29 is 0 Å². The first-order valence-corrected chi connectivity index (χ1v) is 5.05. The van der Waals surface area contributed by atoms with Gasteiger partial charge in [-0.3, -0.25) is 4.90 Å². The first-order valence-electron chi connectivity index (χ1n) is 5.05. The van der Waals surface area contributed by atoms with Gasteiger partial charge >= 0.3 is 0 Å². The number of hydrogen-bond acceptors (Lipinski definition) is 4. The van der Waals surface area contributed by atoms with Gasteiger partial charge < -0.3 is 5.32 Å². The van der Waals surface area contributed by atoms with Crippen molar-refractivity contribution in [3.8, 4) is 0 Å². The van der Waals surface area contributed by atoms with Crippen LogP contribution in [-0.2, 0) is 6.54 Å². The molecule has 1 aliphatic rings. The summed E-state index contributed by atoms with van der Waals surface area (Å²) < 4.78 is 0. The molecule has 1 aromatic rings. The van der Waals surface area contributed by atoms with Gasteiger partial charge in [0.25, 0.3) is 0 Å². The van der Waals surface area contributed by atoms with Gasteiger partial charge in [-0.25, -0.2) is 9.97 Å². The Kier molecular flexibility index (Phi) is 3.06. The fourth-order valence-corrected chi connectivity index (χ4v) is 1.69. The third-order valence-electron chi connectivity index (χ3n) is 2.46. The SMILES string of the molecule is Cc1cc(CN2CCNCC2)ncn1. The number of nitrogens with zero attached hydrogens (tertiary/aromatic N) is 3. The lowest BCUT2D eigenvalue weighted by Crippen LogP contribution is -2.43. The maximum absolute atomic E-state index is 4.26. The third kappa shape index (κ3) is 2.49. The van der Waals surface area contributed by atoms with Crippen LogP contribution in [0.2, 0.25) is 0 Å². The van der Waals surface area contributed by atoms with Crippen molar-refractivity contribution in [2.24, 2.45) is 0 Å². The molecule has 0 amide bonds. The second kappa shape index (κ2) is 4.48. The first kappa shape index (κ1) is 9.55. The molecule has 4 nitrogen and oxygen atoms in total. The number of aromatic nitrogens is 2. The van der Waals surface area contributed by atoms with Crippen molar-refractivity contribution >= 4 is 0 Å². The van der Waals surface area contributed by atoms with Gasteiger partial charge in [0.2, 0.25) is 0 Å². The second-order valence-corrected chi connectivity index (χ2v) is 3.68. The summed E-state index contributed by atoms with van der Waals surface area (Å²) in [7, 11) is 0. The molecule has 14 heavy (non-hydrogen) atoms. The lowest BCUT2D eigenvalue weighted by Gasteiger charge is -2.26. The molecular weight excluding hydrogens is 176 g/mol. The van der Waals surface area contributed by atoms with Gasteiger partial charge in [-0.2, -0.15) is 0 Å². The largest absolute Gasteiger partial charge is 0.314 e. The Morgan fingerprint density at radius 2 is 2.14 bits per heavy atom. The summed E-state index contributed by atoms with van der Waals surface area (Å²) in [5, 5.41) is 3.34. The maximum atomic E-state index is 4.26. The molecule has 0 aromatic carbocycles. The summed E-state index contributed by atoms with van der Waals surface area (Å²) in [6.07, 6.45) is 1.65. The van der Waals surface area contributed by atoms with E-state index in [1.54, 1.807) is 6.33 Å². The van der Waals surface area contributed by atoms with Crippen LogP contribution in [0.4, 0.5) is 0 Å². The van der Waals surface area contributed by atoms with Gasteiger partial charge in [0.05, 0.1) is 5.69 Å². The zero-order valence-electron chi connectivity index (χ0n) is 8.53. The van der Waals surface area contributed by atoms with E-state index in [-0.39, 0.29) is 0 Å². The van der Waals surface area contributed by atoms with E-state index in [9.17, 15) is 0 Å². The molecule has 0 atom stereocenters. The quantitative estimate of drug-likeness (QED) is 0.726. The van der Waals surface area contributed by atoms with E-state index in [1.165, 1.54) is 0 Å². The second-order valence-electron chi connectivity index (χ2n) is 3.68. The molecule has 1 aromatic heterocycles. The van der Waals surface area contributed by atoms with Gasteiger partial charge in [0, 0.05) is 38.4 Å². The molecule has 0 unspecified atom stereocenters. The molecule has 1 saturated heterocycles. The minimum Gasteiger partial charge on any atom is -0.314 e. The van der Waals surface area contributed by atoms with Crippen LogP contribution in [-0.4, -0.2) is 41.0 Å². The van der Waals surface area contributed by atoms with E-state index < -0.39 is 0 Å². The smallest absolute Gasteiger partial charge is 0.115 e. The van der Waals surface area contributed by atoms with Gasteiger partial charge in [0.15, 0.2) is 0 Å². The average molecular weight is 192 g/mol. The van der Waals surface area contributed by atoms with Crippen molar-refractivity contribution in [1.29, 1.82) is 0 Å². The van der Waals surface area contributed by atoms with Crippen LogP contribution in [0, 0.1) is 6.92 Å². The summed E-state index contributed by atoms with van der Waals surface area (Å²) in [6, 6.07) is 2.06. The van der Waals surface area contributed by atoms with Crippen molar-refractivity contribution in [2.75, 3.05) is 26.2 Å². The molecule has 2 rings (SSSR count). The highest BCUT2D eigenvalue weighted by atomic mass is 15.2. The Hall–Kier alpha value is -1.00. The Morgan fingerprint density at radius 1 is 1.36 bits per heavy atom. The Bertz CT molecular complexity index is 294. The highest BCUT2D eigenvalue weighted by Crippen LogP contribution is 2.03. The molecule has 2 heterocycles. The van der Waals surface area contributed by atoms with E-state index in [1.807, 2.05) is 6.92 Å². The standard InChI is InChI=1S/C10H16N4/c1-9-6-10(13-8-12-9)7-14-4-2-11-3-5-14/h6,8,11H,2-5,7H2,1H3. The topological polar surface area (TPSA) is 41.0 Å². The third-order valence-corrected chi connectivity index (χ3v) is 2.46. The van der Waals surface area contributed by atoms with Gasteiger partial charge in [0.1, 0.15) is 6.33 Å². The lowest BCUT2D eigenvalue weighted by atomic mass is 10.3. The number of rotatable bonds is 2. The molecule has 1 fully saturated rings. The van der Waals surface area contributed by atoms with Crippen LogP contribution < -0.4 is 5.32 Å². The van der Waals surface area contributed by atoms with E-state index in [4.69, 9.17) is 0 Å². The van der Waals surface area contributed by atoms with Crippen LogP contribution in [0.1, 0.15) is 11.4 Å². The van der Waals surface area contributed by atoms with Crippen molar-refractivity contribution in [3.05, 3.63) is 23.8 Å². The monoisotopic (exact) mass is 192 g/mol. The Labute approximate surface area is 84.4 Å². The van der Waals surface area contributed by atoms with Gasteiger partial charge in [-0.05, 0) is 13.0 Å². The Morgan fingerprint density at radius 3 is 2.86 bits per heavy atom. The first-order chi connectivity index (χ1) is 6.84. The van der Waals surface area contributed by atoms with Gasteiger partial charge in [-0.1, -0.05) is 0 Å². The van der Waals surface area contributed by atoms with Crippen LogP contribution in [0.25, 0.3) is 0 Å².